The maximum Gasteiger partial charge on any atom is 0.180 e. The van der Waals surface area contributed by atoms with Crippen molar-refractivity contribution in [3.63, 3.8) is 0 Å². The maximum absolute atomic E-state index is 3.05. The predicted molar refractivity (Wildman–Crippen MR) is 353 cm³/mol. The molecule has 13 aromatic carbocycles. The summed E-state index contributed by atoms with van der Waals surface area (Å²) < 4.78 is 5.05. The molecule has 0 aliphatic heterocycles. The summed E-state index contributed by atoms with van der Waals surface area (Å²) in [4.78, 5) is 0. The molecule has 82 heavy (non-hydrogen) atoms. The summed E-state index contributed by atoms with van der Waals surface area (Å²) in [6.45, 7) is 0. The molecule has 4 heteroatoms. The Labute approximate surface area is 480 Å². The van der Waals surface area contributed by atoms with Gasteiger partial charge in [-0.1, -0.05) is 297 Å². The standard InChI is InChI=1S/C78H56N2Si2/c1-7-26-57(27-8-1)59-48-52-67(53-49-59)82(64-35-15-5-16-36-64,65-37-17-6-18-38-65)76-47-25-46-75-78(76)70-41-20-22-43-72(70)80(75)74-45-24-44-73-77(74)69-40-19-21-42-71(69)79(73)61-50-54-66(55-51-61)81(62-31-11-3-12-32-62,63-33-13-4-14-34-63)68-39-23-30-60(56-68)58-28-9-2-10-29-58/h1-56H. The van der Waals surface area contributed by atoms with Crippen LogP contribution in [-0.2, 0) is 0 Å². The van der Waals surface area contributed by atoms with Crippen molar-refractivity contribution >= 4 is 101 Å². The molecule has 0 spiro atoms. The van der Waals surface area contributed by atoms with Crippen molar-refractivity contribution in [1.82, 2.24) is 9.13 Å². The SMILES string of the molecule is c1ccc(-c2ccc([Si](c3ccccc3)(c3ccccc3)c3cccc4c3c3ccccc3n4-c3cccc4c3c3ccccc3n4-c3ccc([Si](c4ccccc4)(c4ccccc4)c4cccc(-c5ccccc5)c4)cc3)cc2)cc1. The second-order valence-electron chi connectivity index (χ2n) is 21.5. The minimum Gasteiger partial charge on any atom is -0.309 e. The van der Waals surface area contributed by atoms with Crippen LogP contribution in [0.1, 0.15) is 0 Å². The summed E-state index contributed by atoms with van der Waals surface area (Å²) in [5.41, 5.74) is 11.9. The van der Waals surface area contributed by atoms with E-state index >= 15 is 0 Å². The maximum atomic E-state index is 2.56. The van der Waals surface area contributed by atoms with Crippen LogP contribution in [0.2, 0.25) is 0 Å². The number of benzene rings is 13. The van der Waals surface area contributed by atoms with Crippen LogP contribution in [0.15, 0.2) is 340 Å². The average Bonchev–Trinajstić information content (AvgIpc) is 3.50. The fourth-order valence-corrected chi connectivity index (χ4v) is 23.5. The van der Waals surface area contributed by atoms with Gasteiger partial charge in [0.05, 0.1) is 27.8 Å². The molecule has 0 saturated heterocycles. The summed E-state index contributed by atoms with van der Waals surface area (Å²) in [7, 11) is -5.93. The summed E-state index contributed by atoms with van der Waals surface area (Å²) in [6.07, 6.45) is 0. The van der Waals surface area contributed by atoms with Gasteiger partial charge in [0.1, 0.15) is 0 Å². The fraction of sp³-hybridized carbons (Fsp3) is 0. The highest BCUT2D eigenvalue weighted by Gasteiger charge is 2.44. The van der Waals surface area contributed by atoms with Crippen molar-refractivity contribution in [3.05, 3.63) is 340 Å². The van der Waals surface area contributed by atoms with Crippen LogP contribution >= 0.6 is 0 Å². The molecule has 0 aliphatic rings. The van der Waals surface area contributed by atoms with E-state index in [4.69, 9.17) is 0 Å². The first-order valence-corrected chi connectivity index (χ1v) is 32.4. The lowest BCUT2D eigenvalue weighted by atomic mass is 10.1. The van der Waals surface area contributed by atoms with Crippen molar-refractivity contribution in [1.29, 1.82) is 0 Å². The first-order chi connectivity index (χ1) is 40.7. The molecule has 0 atom stereocenters. The van der Waals surface area contributed by atoms with Crippen molar-refractivity contribution in [2.75, 3.05) is 0 Å². The number of aromatic nitrogens is 2. The summed E-state index contributed by atoms with van der Waals surface area (Å²) in [5.74, 6) is 0. The molecule has 0 N–H and O–H groups in total. The van der Waals surface area contributed by atoms with Crippen LogP contribution in [0, 0.1) is 0 Å². The van der Waals surface area contributed by atoms with Crippen molar-refractivity contribution in [2.24, 2.45) is 0 Å². The summed E-state index contributed by atoms with van der Waals surface area (Å²) in [6, 6.07) is 127. The quantitative estimate of drug-likeness (QED) is 0.0852. The molecule has 0 unspecified atom stereocenters. The molecule has 0 bridgehead atoms. The molecule has 0 saturated carbocycles. The molecular formula is C78H56N2Si2. The molecular weight excluding hydrogens is 1020 g/mol. The first kappa shape index (κ1) is 49.0. The number of nitrogens with zero attached hydrogens (tertiary/aromatic N) is 2. The van der Waals surface area contributed by atoms with Crippen LogP contribution in [0.5, 0.6) is 0 Å². The molecule has 386 valence electrons. The highest BCUT2D eigenvalue weighted by Crippen LogP contribution is 2.40. The van der Waals surface area contributed by atoms with E-state index in [2.05, 4.69) is 349 Å². The predicted octanol–water partition coefficient (Wildman–Crippen LogP) is 14.0. The second-order valence-corrected chi connectivity index (χ2v) is 29.1. The van der Waals surface area contributed by atoms with Crippen LogP contribution in [-0.4, -0.2) is 25.3 Å². The van der Waals surface area contributed by atoms with Gasteiger partial charge in [-0.25, -0.2) is 0 Å². The van der Waals surface area contributed by atoms with E-state index in [0.717, 1.165) is 16.9 Å². The zero-order valence-corrected chi connectivity index (χ0v) is 47.2. The van der Waals surface area contributed by atoms with E-state index in [0.29, 0.717) is 0 Å². The molecule has 2 heterocycles. The summed E-state index contributed by atoms with van der Waals surface area (Å²) >= 11 is 0. The number of hydrogen-bond acceptors (Lipinski definition) is 0. The van der Waals surface area contributed by atoms with Gasteiger partial charge in [0.2, 0.25) is 0 Å². The lowest BCUT2D eigenvalue weighted by molar-refractivity contribution is 1.17. The lowest BCUT2D eigenvalue weighted by Crippen LogP contribution is -2.74. The summed E-state index contributed by atoms with van der Waals surface area (Å²) in [5, 5.41) is 15.8. The number of fused-ring (bicyclic) bond motifs is 6. The van der Waals surface area contributed by atoms with Gasteiger partial charge < -0.3 is 9.13 Å². The van der Waals surface area contributed by atoms with Gasteiger partial charge in [0.25, 0.3) is 0 Å². The van der Waals surface area contributed by atoms with E-state index in [1.165, 1.54) is 102 Å². The van der Waals surface area contributed by atoms with Gasteiger partial charge in [0, 0.05) is 27.2 Å². The Bertz CT molecular complexity index is 4670. The molecule has 2 aromatic heterocycles. The Balaban J connectivity index is 0.946. The lowest BCUT2D eigenvalue weighted by Gasteiger charge is -2.35. The third kappa shape index (κ3) is 7.83. The van der Waals surface area contributed by atoms with E-state index < -0.39 is 16.1 Å². The number of hydrogen-bond donors (Lipinski definition) is 0. The smallest absolute Gasteiger partial charge is 0.180 e. The fourth-order valence-electron chi connectivity index (χ4n) is 13.7. The van der Waals surface area contributed by atoms with Crippen molar-refractivity contribution < 1.29 is 0 Å². The molecule has 2 nitrogen and oxygen atoms in total. The third-order valence-electron chi connectivity index (χ3n) is 17.2. The highest BCUT2D eigenvalue weighted by atomic mass is 28.3. The first-order valence-electron chi connectivity index (χ1n) is 28.4. The Kier molecular flexibility index (Phi) is 12.3. The largest absolute Gasteiger partial charge is 0.309 e. The zero-order valence-electron chi connectivity index (χ0n) is 45.2. The topological polar surface area (TPSA) is 9.86 Å². The van der Waals surface area contributed by atoms with E-state index in [-0.39, 0.29) is 0 Å². The van der Waals surface area contributed by atoms with Crippen LogP contribution in [0.4, 0.5) is 0 Å². The van der Waals surface area contributed by atoms with Crippen LogP contribution in [0.3, 0.4) is 0 Å². The minimum absolute atomic E-state index is 1.12. The van der Waals surface area contributed by atoms with Crippen LogP contribution < -0.4 is 41.5 Å². The van der Waals surface area contributed by atoms with Gasteiger partial charge in [-0.15, -0.1) is 0 Å². The van der Waals surface area contributed by atoms with Gasteiger partial charge in [-0.3, -0.25) is 0 Å². The number of rotatable bonds is 12. The Morgan fingerprint density at radius 1 is 0.207 bits per heavy atom. The minimum atomic E-state index is -3.05. The third-order valence-corrected chi connectivity index (χ3v) is 26.8. The van der Waals surface area contributed by atoms with Gasteiger partial charge in [-0.2, -0.15) is 0 Å². The highest BCUT2D eigenvalue weighted by molar-refractivity contribution is 7.21. The molecule has 0 fully saturated rings. The van der Waals surface area contributed by atoms with E-state index in [1.807, 2.05) is 0 Å². The van der Waals surface area contributed by atoms with Gasteiger partial charge in [-0.05, 0) is 106 Å². The monoisotopic (exact) mass is 1080 g/mol. The van der Waals surface area contributed by atoms with Crippen molar-refractivity contribution in [2.45, 2.75) is 0 Å². The normalized spacial score (nSPS) is 11.9. The Morgan fingerprint density at radius 2 is 0.561 bits per heavy atom. The average molecular weight is 1080 g/mol. The Hall–Kier alpha value is -10.1. The zero-order chi connectivity index (χ0) is 54.5. The van der Waals surface area contributed by atoms with E-state index in [9.17, 15) is 0 Å². The Morgan fingerprint density at radius 3 is 1.12 bits per heavy atom. The van der Waals surface area contributed by atoms with Gasteiger partial charge >= 0.3 is 0 Å². The molecule has 0 aliphatic carbocycles. The van der Waals surface area contributed by atoms with Crippen LogP contribution in [0.25, 0.3) is 77.2 Å². The van der Waals surface area contributed by atoms with Gasteiger partial charge in [0.15, 0.2) is 16.1 Å². The van der Waals surface area contributed by atoms with E-state index in [1.54, 1.807) is 0 Å². The molecule has 15 aromatic rings. The molecule has 0 radical (unpaired) electrons. The molecule has 15 rings (SSSR count). The second kappa shape index (κ2) is 20.5. The number of para-hydroxylation sites is 2. The molecule has 0 amide bonds. The van der Waals surface area contributed by atoms with Crippen molar-refractivity contribution in [3.8, 4) is 33.6 Å².